The maximum atomic E-state index is 11.3. The fourth-order valence-electron chi connectivity index (χ4n) is 1.36. The van der Waals surface area contributed by atoms with Crippen LogP contribution < -0.4 is 5.56 Å². The van der Waals surface area contributed by atoms with E-state index < -0.39 is 26.5 Å². The summed E-state index contributed by atoms with van der Waals surface area (Å²) in [6, 6.07) is 1.05. The second-order valence-corrected chi connectivity index (χ2v) is 4.40. The molecule has 0 amide bonds. The van der Waals surface area contributed by atoms with Gasteiger partial charge in [-0.25, -0.2) is 0 Å². The van der Waals surface area contributed by atoms with Gasteiger partial charge in [-0.1, -0.05) is 0 Å². The number of rotatable bonds is 2. The summed E-state index contributed by atoms with van der Waals surface area (Å²) in [7, 11) is -4.52. The van der Waals surface area contributed by atoms with Gasteiger partial charge in [-0.2, -0.15) is 8.42 Å². The van der Waals surface area contributed by atoms with Gasteiger partial charge in [0.2, 0.25) is 5.88 Å². The van der Waals surface area contributed by atoms with Gasteiger partial charge in [0.1, 0.15) is 0 Å². The summed E-state index contributed by atoms with van der Waals surface area (Å²) < 4.78 is 31.6. The van der Waals surface area contributed by atoms with E-state index in [1.807, 2.05) is 0 Å². The largest absolute Gasteiger partial charge is 0.493 e. The first-order valence-corrected chi connectivity index (χ1v) is 5.64. The monoisotopic (exact) mass is 233 g/mol. The molecule has 0 bridgehead atoms. The van der Waals surface area contributed by atoms with E-state index in [1.165, 1.54) is 6.92 Å². The topological polar surface area (TPSA) is 96.6 Å². The molecule has 84 valence electrons. The van der Waals surface area contributed by atoms with Crippen LogP contribution in [0.15, 0.2) is 15.8 Å². The van der Waals surface area contributed by atoms with Gasteiger partial charge in [0.15, 0.2) is 4.90 Å². The molecule has 1 aromatic heterocycles. The lowest BCUT2D eigenvalue weighted by molar-refractivity contribution is 0.387. The molecule has 7 heteroatoms. The zero-order chi connectivity index (χ0) is 11.8. The van der Waals surface area contributed by atoms with Gasteiger partial charge in [0, 0.05) is 12.6 Å². The van der Waals surface area contributed by atoms with Crippen molar-refractivity contribution in [2.24, 2.45) is 0 Å². The number of nitrogens with zero attached hydrogens (tertiary/aromatic N) is 1. The SMILES string of the molecule is CCn1c(O)c(S(=O)(=O)O)c(C)cc1=O. The van der Waals surface area contributed by atoms with Crippen LogP contribution in [0.4, 0.5) is 0 Å². The predicted octanol–water partition coefficient (Wildman–Crippen LogP) is 0.129. The van der Waals surface area contributed by atoms with E-state index in [-0.39, 0.29) is 12.1 Å². The van der Waals surface area contributed by atoms with Crippen molar-refractivity contribution in [2.75, 3.05) is 0 Å². The molecule has 6 nitrogen and oxygen atoms in total. The molecular weight excluding hydrogens is 222 g/mol. The lowest BCUT2D eigenvalue weighted by Crippen LogP contribution is -2.21. The second kappa shape index (κ2) is 3.67. The van der Waals surface area contributed by atoms with E-state index in [9.17, 15) is 18.3 Å². The number of aromatic nitrogens is 1. The molecule has 1 heterocycles. The molecule has 15 heavy (non-hydrogen) atoms. The molecule has 1 rings (SSSR count). The maximum Gasteiger partial charge on any atom is 0.300 e. The Morgan fingerprint density at radius 3 is 2.40 bits per heavy atom. The third kappa shape index (κ3) is 2.02. The van der Waals surface area contributed by atoms with Gasteiger partial charge < -0.3 is 5.11 Å². The van der Waals surface area contributed by atoms with E-state index >= 15 is 0 Å². The lowest BCUT2D eigenvalue weighted by atomic mass is 10.3. The smallest absolute Gasteiger partial charge is 0.300 e. The van der Waals surface area contributed by atoms with Crippen LogP contribution in [0.25, 0.3) is 0 Å². The molecule has 1 aromatic rings. The fraction of sp³-hybridized carbons (Fsp3) is 0.375. The highest BCUT2D eigenvalue weighted by Gasteiger charge is 2.22. The van der Waals surface area contributed by atoms with Crippen LogP contribution in [-0.4, -0.2) is 22.6 Å². The predicted molar refractivity (Wildman–Crippen MR) is 52.6 cm³/mol. The van der Waals surface area contributed by atoms with E-state index in [2.05, 4.69) is 0 Å². The molecule has 2 N–H and O–H groups in total. The van der Waals surface area contributed by atoms with Crippen LogP contribution in [0.3, 0.4) is 0 Å². The average molecular weight is 233 g/mol. The molecule has 0 fully saturated rings. The Balaban J connectivity index is 3.76. The highest BCUT2D eigenvalue weighted by Crippen LogP contribution is 2.23. The van der Waals surface area contributed by atoms with Crippen LogP contribution in [0.5, 0.6) is 5.88 Å². The van der Waals surface area contributed by atoms with E-state index in [0.717, 1.165) is 10.6 Å². The molecule has 0 unspecified atom stereocenters. The molecule has 0 aliphatic rings. The molecule has 0 aliphatic carbocycles. The summed E-state index contributed by atoms with van der Waals surface area (Å²) in [5, 5.41) is 9.51. The summed E-state index contributed by atoms with van der Waals surface area (Å²) in [4.78, 5) is 10.7. The van der Waals surface area contributed by atoms with Gasteiger partial charge in [0.25, 0.3) is 15.7 Å². The summed E-state index contributed by atoms with van der Waals surface area (Å²) in [6.45, 7) is 3.02. The van der Waals surface area contributed by atoms with E-state index in [1.54, 1.807) is 6.92 Å². The Labute approximate surface area is 86.5 Å². The zero-order valence-electron chi connectivity index (χ0n) is 8.26. The van der Waals surface area contributed by atoms with E-state index in [0.29, 0.717) is 0 Å². The molecular formula is C8H11NO5S. The Kier molecular flexibility index (Phi) is 2.87. The van der Waals surface area contributed by atoms with Gasteiger partial charge in [-0.05, 0) is 19.4 Å². The van der Waals surface area contributed by atoms with Crippen molar-refractivity contribution in [3.63, 3.8) is 0 Å². The first kappa shape index (κ1) is 11.7. The first-order chi connectivity index (χ1) is 6.79. The molecule has 0 spiro atoms. The minimum Gasteiger partial charge on any atom is -0.493 e. The third-order valence-electron chi connectivity index (χ3n) is 2.00. The molecule has 0 aromatic carbocycles. The number of aromatic hydroxyl groups is 1. The Hall–Kier alpha value is -1.34. The number of hydrogen-bond donors (Lipinski definition) is 2. The van der Waals surface area contributed by atoms with Crippen LogP contribution in [0, 0.1) is 6.92 Å². The van der Waals surface area contributed by atoms with Crippen molar-refractivity contribution in [1.29, 1.82) is 0 Å². The molecule has 0 saturated heterocycles. The van der Waals surface area contributed by atoms with Crippen molar-refractivity contribution in [1.82, 2.24) is 4.57 Å². The van der Waals surface area contributed by atoms with E-state index in [4.69, 9.17) is 4.55 Å². The van der Waals surface area contributed by atoms with Crippen molar-refractivity contribution >= 4 is 10.1 Å². The fourth-order valence-corrected chi connectivity index (χ4v) is 2.16. The van der Waals surface area contributed by atoms with Crippen molar-refractivity contribution in [2.45, 2.75) is 25.3 Å². The Morgan fingerprint density at radius 1 is 1.47 bits per heavy atom. The number of aryl methyl sites for hydroxylation is 1. The second-order valence-electron chi connectivity index (χ2n) is 3.04. The maximum absolute atomic E-state index is 11.3. The highest BCUT2D eigenvalue weighted by atomic mass is 32.2. The summed E-state index contributed by atoms with van der Waals surface area (Å²) in [5.41, 5.74) is -0.496. The van der Waals surface area contributed by atoms with Crippen molar-refractivity contribution in [3.05, 3.63) is 22.0 Å². The standard InChI is InChI=1S/C8H11NO5S/c1-3-9-6(10)4-5(2)7(8(9)11)15(12,13)14/h4,11H,3H2,1-2H3,(H,12,13,14). The van der Waals surface area contributed by atoms with Gasteiger partial charge in [0.05, 0.1) is 0 Å². The van der Waals surface area contributed by atoms with Gasteiger partial charge in [-0.15, -0.1) is 0 Å². The molecule has 0 aliphatic heterocycles. The van der Waals surface area contributed by atoms with Crippen LogP contribution >= 0.6 is 0 Å². The van der Waals surface area contributed by atoms with Crippen LogP contribution in [0.1, 0.15) is 12.5 Å². The Bertz CT molecular complexity index is 543. The van der Waals surface area contributed by atoms with Crippen LogP contribution in [-0.2, 0) is 16.7 Å². The minimum absolute atomic E-state index is 0.0182. The normalized spacial score (nSPS) is 11.7. The van der Waals surface area contributed by atoms with Crippen molar-refractivity contribution in [3.8, 4) is 5.88 Å². The third-order valence-corrected chi connectivity index (χ3v) is 3.02. The average Bonchev–Trinajstić information content (AvgIpc) is 2.00. The molecule has 0 saturated carbocycles. The first-order valence-electron chi connectivity index (χ1n) is 4.20. The van der Waals surface area contributed by atoms with Crippen molar-refractivity contribution < 1.29 is 18.1 Å². The number of hydrogen-bond acceptors (Lipinski definition) is 4. The summed E-state index contributed by atoms with van der Waals surface area (Å²) in [5.74, 6) is -0.731. The van der Waals surface area contributed by atoms with Gasteiger partial charge in [-0.3, -0.25) is 13.9 Å². The lowest BCUT2D eigenvalue weighted by Gasteiger charge is -2.10. The minimum atomic E-state index is -4.52. The summed E-state index contributed by atoms with van der Waals surface area (Å²) >= 11 is 0. The highest BCUT2D eigenvalue weighted by molar-refractivity contribution is 7.86. The Morgan fingerprint density at radius 2 is 2.00 bits per heavy atom. The number of pyridine rings is 1. The quantitative estimate of drug-likeness (QED) is 0.708. The molecule has 0 radical (unpaired) electrons. The van der Waals surface area contributed by atoms with Gasteiger partial charge >= 0.3 is 0 Å². The summed E-state index contributed by atoms with van der Waals surface area (Å²) in [6.07, 6.45) is 0. The van der Waals surface area contributed by atoms with Crippen LogP contribution in [0.2, 0.25) is 0 Å². The molecule has 0 atom stereocenters. The zero-order valence-corrected chi connectivity index (χ0v) is 9.08.